The first-order valence-electron chi connectivity index (χ1n) is 7.09. The van der Waals surface area contributed by atoms with Crippen LogP contribution in [-0.4, -0.2) is 21.1 Å². The molecule has 3 rings (SSSR count). The first kappa shape index (κ1) is 14.2. The van der Waals surface area contributed by atoms with E-state index in [1.54, 1.807) is 0 Å². The largest absolute Gasteiger partial charge is 0.435 e. The molecule has 1 aliphatic carbocycles. The monoisotopic (exact) mass is 298 g/mol. The van der Waals surface area contributed by atoms with E-state index in [-0.39, 0.29) is 0 Å². The predicted molar refractivity (Wildman–Crippen MR) is 73.1 cm³/mol. The standard InChI is InChI=1S/C14H17F3N4/c1-2-3-13(4-5-13)9-19-12-10-8-11(14(15,16)17)20-21(10)7-6-18-12/h6-8H,2-5,9H2,1H3,(H,18,19). The summed E-state index contributed by atoms with van der Waals surface area (Å²) in [6.45, 7) is 2.89. The Kier molecular flexibility index (Phi) is 3.30. The van der Waals surface area contributed by atoms with Crippen molar-refractivity contribution < 1.29 is 13.2 Å². The average Bonchev–Trinajstić information content (AvgIpc) is 3.02. The van der Waals surface area contributed by atoms with Crippen molar-refractivity contribution in [2.24, 2.45) is 5.41 Å². The maximum Gasteiger partial charge on any atom is 0.435 e. The highest BCUT2D eigenvalue weighted by Gasteiger charge is 2.41. The van der Waals surface area contributed by atoms with Crippen LogP contribution in [-0.2, 0) is 6.18 Å². The van der Waals surface area contributed by atoms with Crippen molar-refractivity contribution in [2.75, 3.05) is 11.9 Å². The topological polar surface area (TPSA) is 42.2 Å². The van der Waals surface area contributed by atoms with Gasteiger partial charge < -0.3 is 5.32 Å². The zero-order valence-corrected chi connectivity index (χ0v) is 11.7. The Labute approximate surface area is 120 Å². The van der Waals surface area contributed by atoms with Crippen LogP contribution < -0.4 is 5.32 Å². The van der Waals surface area contributed by atoms with Crippen molar-refractivity contribution in [3.05, 3.63) is 24.2 Å². The molecule has 7 heteroatoms. The molecule has 0 bridgehead atoms. The Morgan fingerprint density at radius 2 is 2.14 bits per heavy atom. The van der Waals surface area contributed by atoms with Crippen molar-refractivity contribution >= 4 is 11.3 Å². The molecule has 1 N–H and O–H groups in total. The fourth-order valence-corrected chi connectivity index (χ4v) is 2.69. The molecule has 0 amide bonds. The van der Waals surface area contributed by atoms with Gasteiger partial charge in [0.05, 0.1) is 0 Å². The lowest BCUT2D eigenvalue weighted by molar-refractivity contribution is -0.141. The summed E-state index contributed by atoms with van der Waals surface area (Å²) in [6, 6.07) is 1.04. The lowest BCUT2D eigenvalue weighted by atomic mass is 10.0. The van der Waals surface area contributed by atoms with E-state index in [0.717, 1.165) is 25.5 Å². The maximum absolute atomic E-state index is 12.7. The van der Waals surface area contributed by atoms with Crippen LogP contribution in [0.15, 0.2) is 18.5 Å². The number of nitrogens with zero attached hydrogens (tertiary/aromatic N) is 3. The third-order valence-electron chi connectivity index (χ3n) is 4.05. The summed E-state index contributed by atoms with van der Waals surface area (Å²) >= 11 is 0. The van der Waals surface area contributed by atoms with E-state index in [0.29, 0.717) is 16.7 Å². The molecular formula is C14H17F3N4. The second-order valence-corrected chi connectivity index (χ2v) is 5.74. The summed E-state index contributed by atoms with van der Waals surface area (Å²) in [5.41, 5.74) is -0.235. The Bertz CT molecular complexity index is 643. The molecule has 4 nitrogen and oxygen atoms in total. The molecule has 114 valence electrons. The third-order valence-corrected chi connectivity index (χ3v) is 4.05. The van der Waals surface area contributed by atoms with Gasteiger partial charge >= 0.3 is 6.18 Å². The van der Waals surface area contributed by atoms with Crippen LogP contribution >= 0.6 is 0 Å². The molecule has 2 aromatic rings. The quantitative estimate of drug-likeness (QED) is 0.914. The van der Waals surface area contributed by atoms with Crippen molar-refractivity contribution in [3.63, 3.8) is 0 Å². The van der Waals surface area contributed by atoms with E-state index in [9.17, 15) is 13.2 Å². The Morgan fingerprint density at radius 1 is 1.38 bits per heavy atom. The van der Waals surface area contributed by atoms with E-state index in [1.807, 2.05) is 0 Å². The van der Waals surface area contributed by atoms with Gasteiger partial charge in [0.15, 0.2) is 11.5 Å². The zero-order chi connectivity index (χ0) is 15.1. The number of halogens is 3. The normalized spacial score (nSPS) is 17.1. The lowest BCUT2D eigenvalue weighted by Crippen LogP contribution is -2.16. The molecule has 2 heterocycles. The molecule has 2 aromatic heterocycles. The molecule has 0 radical (unpaired) electrons. The van der Waals surface area contributed by atoms with Crippen LogP contribution in [0, 0.1) is 5.41 Å². The van der Waals surface area contributed by atoms with Crippen LogP contribution in [0.25, 0.3) is 5.52 Å². The molecular weight excluding hydrogens is 281 g/mol. The highest BCUT2D eigenvalue weighted by molar-refractivity contribution is 5.68. The van der Waals surface area contributed by atoms with E-state index in [2.05, 4.69) is 22.3 Å². The number of alkyl halides is 3. The highest BCUT2D eigenvalue weighted by Crippen LogP contribution is 2.49. The SMILES string of the molecule is CCCC1(CNc2nccn3nc(C(F)(F)F)cc23)CC1. The number of aromatic nitrogens is 3. The van der Waals surface area contributed by atoms with Crippen LogP contribution in [0.1, 0.15) is 38.3 Å². The third kappa shape index (κ3) is 2.82. The highest BCUT2D eigenvalue weighted by atomic mass is 19.4. The van der Waals surface area contributed by atoms with E-state index >= 15 is 0 Å². The van der Waals surface area contributed by atoms with Crippen molar-refractivity contribution in [1.82, 2.24) is 14.6 Å². The van der Waals surface area contributed by atoms with Gasteiger partial charge in [0, 0.05) is 25.0 Å². The second kappa shape index (κ2) is 4.89. The molecule has 1 saturated carbocycles. The molecule has 0 aromatic carbocycles. The molecule has 0 unspecified atom stereocenters. The smallest absolute Gasteiger partial charge is 0.368 e. The number of fused-ring (bicyclic) bond motifs is 1. The Morgan fingerprint density at radius 3 is 2.76 bits per heavy atom. The predicted octanol–water partition coefficient (Wildman–Crippen LogP) is 3.74. The van der Waals surface area contributed by atoms with Gasteiger partial charge in [0.25, 0.3) is 0 Å². The number of rotatable bonds is 5. The molecule has 0 spiro atoms. The minimum atomic E-state index is -4.44. The van der Waals surface area contributed by atoms with Crippen LogP contribution in [0.5, 0.6) is 0 Å². The molecule has 1 aliphatic rings. The molecule has 21 heavy (non-hydrogen) atoms. The number of nitrogens with one attached hydrogen (secondary N) is 1. The van der Waals surface area contributed by atoms with Gasteiger partial charge in [0.2, 0.25) is 0 Å². The van der Waals surface area contributed by atoms with E-state index < -0.39 is 11.9 Å². The van der Waals surface area contributed by atoms with Gasteiger partial charge in [-0.05, 0) is 24.7 Å². The van der Waals surface area contributed by atoms with Gasteiger partial charge in [-0.2, -0.15) is 18.3 Å². The van der Waals surface area contributed by atoms with Gasteiger partial charge in [0.1, 0.15) is 5.52 Å². The summed E-state index contributed by atoms with van der Waals surface area (Å²) in [4.78, 5) is 4.15. The molecule has 0 saturated heterocycles. The average molecular weight is 298 g/mol. The van der Waals surface area contributed by atoms with Crippen LogP contribution in [0.2, 0.25) is 0 Å². The fourth-order valence-electron chi connectivity index (χ4n) is 2.69. The Balaban J connectivity index is 1.84. The zero-order valence-electron chi connectivity index (χ0n) is 11.7. The van der Waals surface area contributed by atoms with Crippen LogP contribution in [0.4, 0.5) is 19.0 Å². The lowest BCUT2D eigenvalue weighted by Gasteiger charge is -2.15. The minimum Gasteiger partial charge on any atom is -0.368 e. The van der Waals surface area contributed by atoms with Crippen molar-refractivity contribution in [1.29, 1.82) is 0 Å². The van der Waals surface area contributed by atoms with Gasteiger partial charge in [-0.1, -0.05) is 13.3 Å². The number of hydrogen-bond donors (Lipinski definition) is 1. The number of hydrogen-bond acceptors (Lipinski definition) is 3. The summed E-state index contributed by atoms with van der Waals surface area (Å²) in [5.74, 6) is 0.461. The summed E-state index contributed by atoms with van der Waals surface area (Å²) in [6.07, 6.45) is 3.04. The van der Waals surface area contributed by atoms with Crippen molar-refractivity contribution in [3.8, 4) is 0 Å². The maximum atomic E-state index is 12.7. The Hall–Kier alpha value is -1.79. The first-order chi connectivity index (χ1) is 9.93. The van der Waals surface area contributed by atoms with E-state index in [1.165, 1.54) is 29.8 Å². The minimum absolute atomic E-state index is 0.302. The number of anilines is 1. The molecule has 0 aliphatic heterocycles. The summed E-state index contributed by atoms with van der Waals surface area (Å²) < 4.78 is 39.4. The van der Waals surface area contributed by atoms with Crippen molar-refractivity contribution in [2.45, 2.75) is 38.8 Å². The van der Waals surface area contributed by atoms with Crippen LogP contribution in [0.3, 0.4) is 0 Å². The second-order valence-electron chi connectivity index (χ2n) is 5.74. The summed E-state index contributed by atoms with van der Waals surface area (Å²) in [7, 11) is 0. The van der Waals surface area contributed by atoms with Gasteiger partial charge in [-0.15, -0.1) is 0 Å². The first-order valence-corrected chi connectivity index (χ1v) is 7.09. The van der Waals surface area contributed by atoms with E-state index in [4.69, 9.17) is 0 Å². The van der Waals surface area contributed by atoms with Gasteiger partial charge in [-0.25, -0.2) is 9.50 Å². The molecule has 0 atom stereocenters. The fraction of sp³-hybridized carbons (Fsp3) is 0.571. The van der Waals surface area contributed by atoms with Gasteiger partial charge in [-0.3, -0.25) is 0 Å². The molecule has 1 fully saturated rings. The summed E-state index contributed by atoms with van der Waals surface area (Å²) in [5, 5.41) is 6.75.